The molecule has 2 amide bonds. The fourth-order valence-corrected chi connectivity index (χ4v) is 5.56. The van der Waals surface area contributed by atoms with Crippen LogP contribution in [0.1, 0.15) is 51.0 Å². The first-order valence-electron chi connectivity index (χ1n) is 11.3. The molecule has 178 valence electrons. The van der Waals surface area contributed by atoms with E-state index in [0.29, 0.717) is 39.2 Å². The first-order chi connectivity index (χ1) is 15.9. The summed E-state index contributed by atoms with van der Waals surface area (Å²) in [4.78, 5) is 29.2. The predicted octanol–water partition coefficient (Wildman–Crippen LogP) is 7.00. The zero-order valence-corrected chi connectivity index (χ0v) is 21.7. The molecule has 1 fully saturated rings. The Balaban J connectivity index is 1.74. The molecule has 4 nitrogen and oxygen atoms in total. The average Bonchev–Trinajstić information content (AvgIpc) is 3.30. The van der Waals surface area contributed by atoms with Crippen molar-refractivity contribution in [1.29, 1.82) is 0 Å². The summed E-state index contributed by atoms with van der Waals surface area (Å²) in [7, 11) is 0. The first kappa shape index (κ1) is 26.2. The van der Waals surface area contributed by atoms with Crippen molar-refractivity contribution in [2.24, 2.45) is 0 Å². The Labute approximate surface area is 215 Å². The van der Waals surface area contributed by atoms with Gasteiger partial charge in [0.05, 0.1) is 0 Å². The van der Waals surface area contributed by atoms with E-state index >= 15 is 0 Å². The molecular formula is C25H29Cl3N2O2S. The third-order valence-corrected chi connectivity index (χ3v) is 7.85. The first-order valence-corrected chi connectivity index (χ1v) is 13.4. The molecule has 0 bridgehead atoms. The van der Waals surface area contributed by atoms with Gasteiger partial charge in [0.15, 0.2) is 0 Å². The molecular weight excluding hydrogens is 499 g/mol. The van der Waals surface area contributed by atoms with Crippen LogP contribution in [0.5, 0.6) is 0 Å². The summed E-state index contributed by atoms with van der Waals surface area (Å²) in [5.74, 6) is 0.389. The van der Waals surface area contributed by atoms with Crippen molar-refractivity contribution in [3.8, 4) is 0 Å². The minimum absolute atomic E-state index is 0.0964. The van der Waals surface area contributed by atoms with E-state index in [2.05, 4.69) is 5.32 Å². The van der Waals surface area contributed by atoms with E-state index in [1.807, 2.05) is 31.2 Å². The molecule has 3 rings (SSSR count). The number of rotatable bonds is 10. The summed E-state index contributed by atoms with van der Waals surface area (Å²) in [5.41, 5.74) is 0.659. The Morgan fingerprint density at radius 3 is 2.30 bits per heavy atom. The minimum atomic E-state index is -0.578. The molecule has 1 N–H and O–H groups in total. The second-order valence-electron chi connectivity index (χ2n) is 8.19. The van der Waals surface area contributed by atoms with Crippen LogP contribution in [0.25, 0.3) is 0 Å². The molecule has 0 aliphatic heterocycles. The van der Waals surface area contributed by atoms with Gasteiger partial charge in [-0.05, 0) is 55.7 Å². The summed E-state index contributed by atoms with van der Waals surface area (Å²) in [5, 5.41) is 4.80. The number of hydrogen-bond donors (Lipinski definition) is 1. The summed E-state index contributed by atoms with van der Waals surface area (Å²) >= 11 is 20.3. The van der Waals surface area contributed by atoms with Crippen molar-refractivity contribution in [3.05, 3.63) is 63.1 Å². The predicted molar refractivity (Wildman–Crippen MR) is 138 cm³/mol. The van der Waals surface area contributed by atoms with Crippen molar-refractivity contribution >= 4 is 58.4 Å². The highest BCUT2D eigenvalue weighted by molar-refractivity contribution is 7.99. The maximum absolute atomic E-state index is 13.4. The van der Waals surface area contributed by atoms with Gasteiger partial charge in [-0.1, -0.05) is 60.6 Å². The minimum Gasteiger partial charge on any atom is -0.352 e. The van der Waals surface area contributed by atoms with E-state index in [1.165, 1.54) is 0 Å². The van der Waals surface area contributed by atoms with Gasteiger partial charge in [-0.25, -0.2) is 0 Å². The van der Waals surface area contributed by atoms with Gasteiger partial charge in [0.2, 0.25) is 11.8 Å². The molecule has 1 atom stereocenters. The number of nitrogens with zero attached hydrogens (tertiary/aromatic N) is 1. The summed E-state index contributed by atoms with van der Waals surface area (Å²) in [6.45, 7) is 2.12. The number of hydrogen-bond acceptors (Lipinski definition) is 3. The Hall–Kier alpha value is -1.40. The standard InChI is InChI=1S/C25H29Cl3N2O2S/c1-2-23(25(32)29-18-6-3-4-7-18)30(16-20-21(27)8-5-9-22(20)28)24(31)14-15-33-19-12-10-17(26)11-13-19/h5,8-13,18,23H,2-4,6-7,14-16H2,1H3,(H,29,32)/t23-/m1/s1. The fourth-order valence-electron chi connectivity index (χ4n) is 4.07. The number of carbonyl (C=O) groups excluding carboxylic acids is 2. The number of carbonyl (C=O) groups is 2. The van der Waals surface area contributed by atoms with Gasteiger partial charge in [0, 0.05) is 50.3 Å². The molecule has 2 aromatic rings. The summed E-state index contributed by atoms with van der Waals surface area (Å²) < 4.78 is 0. The van der Waals surface area contributed by atoms with Crippen molar-refractivity contribution in [2.75, 3.05) is 5.75 Å². The molecule has 1 aliphatic rings. The fraction of sp³-hybridized carbons (Fsp3) is 0.440. The van der Waals surface area contributed by atoms with Gasteiger partial charge in [0.25, 0.3) is 0 Å². The van der Waals surface area contributed by atoms with Crippen LogP contribution in [0.2, 0.25) is 15.1 Å². The van der Waals surface area contributed by atoms with Gasteiger partial charge in [-0.2, -0.15) is 0 Å². The molecule has 0 aromatic heterocycles. The van der Waals surface area contributed by atoms with E-state index in [0.717, 1.165) is 30.6 Å². The monoisotopic (exact) mass is 526 g/mol. The molecule has 2 aromatic carbocycles. The highest BCUT2D eigenvalue weighted by Gasteiger charge is 2.31. The molecule has 0 radical (unpaired) electrons. The van der Waals surface area contributed by atoms with E-state index in [1.54, 1.807) is 34.9 Å². The third kappa shape index (κ3) is 7.54. The largest absolute Gasteiger partial charge is 0.352 e. The van der Waals surface area contributed by atoms with Gasteiger partial charge in [0.1, 0.15) is 6.04 Å². The number of benzene rings is 2. The summed E-state index contributed by atoms with van der Waals surface area (Å²) in [6, 6.07) is 12.4. The van der Waals surface area contributed by atoms with Crippen molar-refractivity contribution in [2.45, 2.75) is 69.0 Å². The average molecular weight is 528 g/mol. The molecule has 0 saturated heterocycles. The maximum Gasteiger partial charge on any atom is 0.243 e. The lowest BCUT2D eigenvalue weighted by atomic mass is 10.1. The van der Waals surface area contributed by atoms with Crippen LogP contribution in [-0.2, 0) is 16.1 Å². The van der Waals surface area contributed by atoms with E-state index in [9.17, 15) is 9.59 Å². The van der Waals surface area contributed by atoms with Crippen LogP contribution in [-0.4, -0.2) is 34.6 Å². The Morgan fingerprint density at radius 2 is 1.70 bits per heavy atom. The SMILES string of the molecule is CC[C@H](C(=O)NC1CCCC1)N(Cc1c(Cl)cccc1Cl)C(=O)CCSc1ccc(Cl)cc1. The lowest BCUT2D eigenvalue weighted by molar-refractivity contribution is -0.141. The van der Waals surface area contributed by atoms with Crippen LogP contribution in [0, 0.1) is 0 Å². The highest BCUT2D eigenvalue weighted by atomic mass is 35.5. The second-order valence-corrected chi connectivity index (χ2v) is 10.6. The Kier molecular flexibility index (Phi) is 10.2. The van der Waals surface area contributed by atoms with Gasteiger partial charge >= 0.3 is 0 Å². The molecule has 33 heavy (non-hydrogen) atoms. The van der Waals surface area contributed by atoms with Crippen molar-refractivity contribution in [3.63, 3.8) is 0 Å². The van der Waals surface area contributed by atoms with Gasteiger partial charge < -0.3 is 10.2 Å². The molecule has 0 heterocycles. The molecule has 8 heteroatoms. The van der Waals surface area contributed by atoms with Crippen LogP contribution in [0.4, 0.5) is 0 Å². The van der Waals surface area contributed by atoms with Crippen LogP contribution in [0.3, 0.4) is 0 Å². The van der Waals surface area contributed by atoms with Crippen molar-refractivity contribution in [1.82, 2.24) is 10.2 Å². The van der Waals surface area contributed by atoms with Crippen LogP contribution in [0.15, 0.2) is 47.4 Å². The Morgan fingerprint density at radius 1 is 1.06 bits per heavy atom. The normalized spacial score (nSPS) is 14.8. The molecule has 0 spiro atoms. The molecule has 0 unspecified atom stereocenters. The number of thioether (sulfide) groups is 1. The van der Waals surface area contributed by atoms with Crippen molar-refractivity contribution < 1.29 is 9.59 Å². The van der Waals surface area contributed by atoms with E-state index in [4.69, 9.17) is 34.8 Å². The third-order valence-electron chi connectivity index (χ3n) is 5.88. The smallest absolute Gasteiger partial charge is 0.243 e. The lowest BCUT2D eigenvalue weighted by Crippen LogP contribution is -2.51. The van der Waals surface area contributed by atoms with Gasteiger partial charge in [-0.3, -0.25) is 9.59 Å². The number of halogens is 3. The van der Waals surface area contributed by atoms with Crippen LogP contribution < -0.4 is 5.32 Å². The molecule has 1 aliphatic carbocycles. The zero-order valence-electron chi connectivity index (χ0n) is 18.7. The maximum atomic E-state index is 13.4. The topological polar surface area (TPSA) is 49.4 Å². The Bertz CT molecular complexity index is 929. The van der Waals surface area contributed by atoms with Gasteiger partial charge in [-0.15, -0.1) is 11.8 Å². The van der Waals surface area contributed by atoms with E-state index < -0.39 is 6.04 Å². The second kappa shape index (κ2) is 12.9. The number of nitrogens with one attached hydrogen (secondary N) is 1. The number of amides is 2. The lowest BCUT2D eigenvalue weighted by Gasteiger charge is -2.32. The summed E-state index contributed by atoms with van der Waals surface area (Å²) in [6.07, 6.45) is 5.04. The van der Waals surface area contributed by atoms with Crippen LogP contribution >= 0.6 is 46.6 Å². The molecule has 1 saturated carbocycles. The zero-order chi connectivity index (χ0) is 23.8. The van der Waals surface area contributed by atoms with E-state index in [-0.39, 0.29) is 24.4 Å². The highest BCUT2D eigenvalue weighted by Crippen LogP contribution is 2.28. The quantitative estimate of drug-likeness (QED) is 0.339.